The molecule has 2 fully saturated rings. The molecular weight excluding hydrogens is 246 g/mol. The number of rotatable bonds is 1. The standard InChI is InChI=1S/C14H19NO4/c1-8-12(16)11(15)13-10(18-8)7-17-14(19-13)9-5-3-2-4-6-9/h2-6,8,10-14,16H,7,15H2,1H3. The van der Waals surface area contributed by atoms with E-state index in [1.807, 2.05) is 37.3 Å². The second-order valence-corrected chi connectivity index (χ2v) is 5.12. The first-order valence-electron chi connectivity index (χ1n) is 6.58. The molecular formula is C14H19NO4. The molecule has 5 nitrogen and oxygen atoms in total. The third-order valence-corrected chi connectivity index (χ3v) is 3.77. The molecule has 1 aromatic carbocycles. The van der Waals surface area contributed by atoms with Crippen molar-refractivity contribution >= 4 is 0 Å². The lowest BCUT2D eigenvalue weighted by Crippen LogP contribution is -2.64. The Kier molecular flexibility index (Phi) is 3.56. The quantitative estimate of drug-likeness (QED) is 0.777. The van der Waals surface area contributed by atoms with Gasteiger partial charge in [-0.25, -0.2) is 0 Å². The van der Waals surface area contributed by atoms with Gasteiger partial charge in [-0.15, -0.1) is 0 Å². The molecule has 0 bridgehead atoms. The summed E-state index contributed by atoms with van der Waals surface area (Å²) in [5, 5.41) is 9.97. The zero-order valence-corrected chi connectivity index (χ0v) is 10.8. The van der Waals surface area contributed by atoms with E-state index >= 15 is 0 Å². The topological polar surface area (TPSA) is 73.9 Å². The van der Waals surface area contributed by atoms with Gasteiger partial charge < -0.3 is 25.1 Å². The molecule has 0 aromatic heterocycles. The summed E-state index contributed by atoms with van der Waals surface area (Å²) in [5.41, 5.74) is 7.00. The number of aliphatic hydroxyl groups is 1. The molecule has 19 heavy (non-hydrogen) atoms. The molecule has 2 heterocycles. The molecule has 6 unspecified atom stereocenters. The summed E-state index contributed by atoms with van der Waals surface area (Å²) >= 11 is 0. The molecule has 2 aliphatic heterocycles. The summed E-state index contributed by atoms with van der Waals surface area (Å²) in [6, 6.07) is 9.24. The number of hydrogen-bond acceptors (Lipinski definition) is 5. The molecule has 3 rings (SSSR count). The van der Waals surface area contributed by atoms with Crippen molar-refractivity contribution < 1.29 is 19.3 Å². The Balaban J connectivity index is 1.75. The molecule has 5 heteroatoms. The second kappa shape index (κ2) is 5.19. The number of aliphatic hydroxyl groups excluding tert-OH is 1. The summed E-state index contributed by atoms with van der Waals surface area (Å²) in [6.07, 6.45) is -2.01. The van der Waals surface area contributed by atoms with Crippen LogP contribution >= 0.6 is 0 Å². The van der Waals surface area contributed by atoms with E-state index in [1.165, 1.54) is 0 Å². The zero-order valence-electron chi connectivity index (χ0n) is 10.8. The maximum atomic E-state index is 9.97. The highest BCUT2D eigenvalue weighted by Gasteiger charge is 2.46. The van der Waals surface area contributed by atoms with E-state index in [0.717, 1.165) is 5.56 Å². The van der Waals surface area contributed by atoms with Crippen LogP contribution in [0.3, 0.4) is 0 Å². The molecule has 0 saturated carbocycles. The van der Waals surface area contributed by atoms with Crippen LogP contribution in [0.25, 0.3) is 0 Å². The van der Waals surface area contributed by atoms with Gasteiger partial charge in [0.05, 0.1) is 24.9 Å². The van der Waals surface area contributed by atoms with Gasteiger partial charge in [-0.2, -0.15) is 0 Å². The van der Waals surface area contributed by atoms with E-state index in [0.29, 0.717) is 6.61 Å². The van der Waals surface area contributed by atoms with Crippen molar-refractivity contribution in [2.45, 2.75) is 43.7 Å². The molecule has 0 aliphatic carbocycles. The predicted molar refractivity (Wildman–Crippen MR) is 68.3 cm³/mol. The SMILES string of the molecule is CC1OC2COC(c3ccccc3)OC2C(N)C1O. The molecule has 2 saturated heterocycles. The maximum Gasteiger partial charge on any atom is 0.184 e. The molecule has 0 amide bonds. The van der Waals surface area contributed by atoms with Crippen molar-refractivity contribution in [3.63, 3.8) is 0 Å². The van der Waals surface area contributed by atoms with Crippen LogP contribution in [0.5, 0.6) is 0 Å². The molecule has 3 N–H and O–H groups in total. The summed E-state index contributed by atoms with van der Waals surface area (Å²) < 4.78 is 17.2. The van der Waals surface area contributed by atoms with Gasteiger partial charge >= 0.3 is 0 Å². The summed E-state index contributed by atoms with van der Waals surface area (Å²) in [5.74, 6) is 0. The first-order valence-corrected chi connectivity index (χ1v) is 6.58. The lowest BCUT2D eigenvalue weighted by Gasteiger charge is -2.46. The average molecular weight is 265 g/mol. The van der Waals surface area contributed by atoms with Crippen LogP contribution in [-0.2, 0) is 14.2 Å². The minimum atomic E-state index is -0.712. The number of benzene rings is 1. The van der Waals surface area contributed by atoms with Crippen LogP contribution in [-0.4, -0.2) is 42.2 Å². The normalized spacial score (nSPS) is 42.7. The highest BCUT2D eigenvalue weighted by molar-refractivity contribution is 5.16. The fraction of sp³-hybridized carbons (Fsp3) is 0.571. The molecule has 6 atom stereocenters. The minimum absolute atomic E-state index is 0.214. The number of fused-ring (bicyclic) bond motifs is 1. The van der Waals surface area contributed by atoms with Crippen molar-refractivity contribution in [3.8, 4) is 0 Å². The monoisotopic (exact) mass is 265 g/mol. The smallest absolute Gasteiger partial charge is 0.184 e. The number of hydrogen-bond donors (Lipinski definition) is 2. The highest BCUT2D eigenvalue weighted by atomic mass is 16.7. The van der Waals surface area contributed by atoms with Crippen molar-refractivity contribution in [1.29, 1.82) is 0 Å². The lowest BCUT2D eigenvalue weighted by molar-refractivity contribution is -0.305. The summed E-state index contributed by atoms with van der Waals surface area (Å²) in [6.45, 7) is 2.24. The van der Waals surface area contributed by atoms with Gasteiger partial charge in [0.1, 0.15) is 12.2 Å². The van der Waals surface area contributed by atoms with Gasteiger partial charge in [0.15, 0.2) is 6.29 Å². The van der Waals surface area contributed by atoms with Gasteiger partial charge in [0.25, 0.3) is 0 Å². The van der Waals surface area contributed by atoms with Crippen molar-refractivity contribution in [3.05, 3.63) is 35.9 Å². The molecule has 0 radical (unpaired) electrons. The molecule has 0 spiro atoms. The van der Waals surface area contributed by atoms with E-state index < -0.39 is 18.4 Å². The van der Waals surface area contributed by atoms with E-state index in [9.17, 15) is 5.11 Å². The lowest BCUT2D eigenvalue weighted by atomic mass is 9.93. The van der Waals surface area contributed by atoms with Crippen LogP contribution in [0.4, 0.5) is 0 Å². The summed E-state index contributed by atoms with van der Waals surface area (Å²) in [7, 11) is 0. The van der Waals surface area contributed by atoms with Crippen LogP contribution in [0, 0.1) is 0 Å². The van der Waals surface area contributed by atoms with Crippen LogP contribution in [0.1, 0.15) is 18.8 Å². The van der Waals surface area contributed by atoms with E-state index in [4.69, 9.17) is 19.9 Å². The minimum Gasteiger partial charge on any atom is -0.389 e. The predicted octanol–water partition coefficient (Wildman–Crippen LogP) is 0.576. The van der Waals surface area contributed by atoms with E-state index in [1.54, 1.807) is 0 Å². The molecule has 1 aromatic rings. The Morgan fingerprint density at radius 2 is 1.95 bits per heavy atom. The van der Waals surface area contributed by atoms with Gasteiger partial charge in [0.2, 0.25) is 0 Å². The van der Waals surface area contributed by atoms with Crippen LogP contribution in [0.2, 0.25) is 0 Å². The Bertz CT molecular complexity index is 425. The Morgan fingerprint density at radius 3 is 2.68 bits per heavy atom. The fourth-order valence-electron chi connectivity index (χ4n) is 2.65. The second-order valence-electron chi connectivity index (χ2n) is 5.12. The highest BCUT2D eigenvalue weighted by Crippen LogP contribution is 2.33. The first-order chi connectivity index (χ1) is 9.16. The number of ether oxygens (including phenoxy) is 3. The maximum absolute atomic E-state index is 9.97. The Morgan fingerprint density at radius 1 is 1.21 bits per heavy atom. The van der Waals surface area contributed by atoms with Gasteiger partial charge in [0, 0.05) is 5.56 Å². The largest absolute Gasteiger partial charge is 0.389 e. The van der Waals surface area contributed by atoms with Crippen LogP contribution < -0.4 is 5.73 Å². The zero-order chi connectivity index (χ0) is 13.4. The third-order valence-electron chi connectivity index (χ3n) is 3.77. The molecule has 104 valence electrons. The van der Waals surface area contributed by atoms with Crippen LogP contribution in [0.15, 0.2) is 30.3 Å². The van der Waals surface area contributed by atoms with Crippen molar-refractivity contribution in [2.24, 2.45) is 5.73 Å². The average Bonchev–Trinajstić information content (AvgIpc) is 2.46. The van der Waals surface area contributed by atoms with Crippen molar-refractivity contribution in [1.82, 2.24) is 0 Å². The van der Waals surface area contributed by atoms with E-state index in [-0.39, 0.29) is 18.3 Å². The fourth-order valence-corrected chi connectivity index (χ4v) is 2.65. The first kappa shape index (κ1) is 13.0. The van der Waals surface area contributed by atoms with Gasteiger partial charge in [-0.3, -0.25) is 0 Å². The van der Waals surface area contributed by atoms with Gasteiger partial charge in [-0.1, -0.05) is 30.3 Å². The number of nitrogens with two attached hydrogens (primary N) is 1. The molecule has 2 aliphatic rings. The third kappa shape index (κ3) is 2.40. The van der Waals surface area contributed by atoms with E-state index in [2.05, 4.69) is 0 Å². The van der Waals surface area contributed by atoms with Crippen molar-refractivity contribution in [2.75, 3.05) is 6.61 Å². The Hall–Kier alpha value is -0.980. The summed E-state index contributed by atoms with van der Waals surface area (Å²) in [4.78, 5) is 0. The Labute approximate surface area is 112 Å². The van der Waals surface area contributed by atoms with Gasteiger partial charge in [-0.05, 0) is 6.92 Å².